The maximum atomic E-state index is 13.1. The quantitative estimate of drug-likeness (QED) is 0.468. The van der Waals surface area contributed by atoms with Gasteiger partial charge in [-0.05, 0) is 43.7 Å². The average Bonchev–Trinajstić information content (AvgIpc) is 3.59. The Morgan fingerprint density at radius 2 is 2.14 bits per heavy atom. The lowest BCUT2D eigenvalue weighted by Gasteiger charge is -2.39. The second-order valence-corrected chi connectivity index (χ2v) is 9.41. The van der Waals surface area contributed by atoms with Crippen LogP contribution in [0.5, 0.6) is 0 Å². The molecule has 0 aromatic carbocycles. The lowest BCUT2D eigenvalue weighted by atomic mass is 9.77. The number of anilines is 3. The number of nitrogens with one attached hydrogen (secondary N) is 3. The summed E-state index contributed by atoms with van der Waals surface area (Å²) in [5, 5.41) is 13.9. The number of hydrogen-bond acceptors (Lipinski definition) is 8. The van der Waals surface area contributed by atoms with E-state index in [1.165, 1.54) is 10.7 Å². The summed E-state index contributed by atoms with van der Waals surface area (Å²) in [6.45, 7) is 2.01. The Hall–Kier alpha value is -3.44. The lowest BCUT2D eigenvalue weighted by Crippen LogP contribution is -2.54. The highest BCUT2D eigenvalue weighted by Gasteiger charge is 2.46. The smallest absolute Gasteiger partial charge is 0.274 e. The van der Waals surface area contributed by atoms with Crippen LogP contribution in [0.4, 0.5) is 17.2 Å². The van der Waals surface area contributed by atoms with Crippen LogP contribution in [0.2, 0.25) is 0 Å². The van der Waals surface area contributed by atoms with Gasteiger partial charge in [-0.25, -0.2) is 9.50 Å². The van der Waals surface area contributed by atoms with Crippen molar-refractivity contribution in [3.05, 3.63) is 46.6 Å². The van der Waals surface area contributed by atoms with Crippen molar-refractivity contribution < 1.29 is 14.3 Å². The number of fused-ring (bicyclic) bond motifs is 2. The zero-order valence-electron chi connectivity index (χ0n) is 19.6. The van der Waals surface area contributed by atoms with E-state index in [0.29, 0.717) is 41.0 Å². The molecular formula is C24H29N7O4. The van der Waals surface area contributed by atoms with Gasteiger partial charge in [0.05, 0.1) is 36.7 Å². The Morgan fingerprint density at radius 3 is 2.94 bits per heavy atom. The molecule has 2 saturated heterocycles. The second kappa shape index (κ2) is 8.97. The number of pyridine rings is 1. The third kappa shape index (κ3) is 4.04. The number of rotatable bonds is 7. The van der Waals surface area contributed by atoms with Crippen molar-refractivity contribution >= 4 is 28.7 Å². The normalized spacial score (nSPS) is 25.3. The molecular weight excluding hydrogens is 450 g/mol. The predicted molar refractivity (Wildman–Crippen MR) is 129 cm³/mol. The molecule has 2 aliphatic heterocycles. The van der Waals surface area contributed by atoms with Gasteiger partial charge in [0, 0.05) is 32.5 Å². The molecule has 35 heavy (non-hydrogen) atoms. The van der Waals surface area contributed by atoms with Gasteiger partial charge in [0.25, 0.3) is 11.5 Å². The predicted octanol–water partition coefficient (Wildman–Crippen LogP) is 1.76. The van der Waals surface area contributed by atoms with Gasteiger partial charge >= 0.3 is 0 Å². The summed E-state index contributed by atoms with van der Waals surface area (Å²) < 4.78 is 14.6. The van der Waals surface area contributed by atoms with Gasteiger partial charge in [0.15, 0.2) is 17.2 Å². The summed E-state index contributed by atoms with van der Waals surface area (Å²) in [6.07, 6.45) is 7.41. The van der Waals surface area contributed by atoms with Crippen LogP contribution in [0, 0.1) is 5.92 Å². The molecule has 0 spiro atoms. The van der Waals surface area contributed by atoms with Crippen molar-refractivity contribution in [3.8, 4) is 0 Å². The fourth-order valence-electron chi connectivity index (χ4n) is 5.29. The molecule has 3 aromatic rings. The first-order chi connectivity index (χ1) is 17.1. The number of ether oxygens (including phenoxy) is 2. The summed E-state index contributed by atoms with van der Waals surface area (Å²) in [6, 6.07) is 5.32. The molecule has 184 valence electrons. The van der Waals surface area contributed by atoms with Crippen LogP contribution in [0.15, 0.2) is 35.4 Å². The van der Waals surface area contributed by atoms with Crippen LogP contribution in [-0.4, -0.2) is 63.6 Å². The number of aromatic nitrogens is 4. The fourth-order valence-corrected chi connectivity index (χ4v) is 5.29. The molecule has 11 nitrogen and oxygen atoms in total. The zero-order chi connectivity index (χ0) is 23.9. The summed E-state index contributed by atoms with van der Waals surface area (Å²) in [7, 11) is 1.77. The molecule has 6 rings (SSSR count). The molecule has 1 amide bonds. The number of hydrogen-bond donors (Lipinski definition) is 3. The Labute approximate surface area is 201 Å². The van der Waals surface area contributed by atoms with E-state index in [1.54, 1.807) is 29.9 Å². The van der Waals surface area contributed by atoms with Crippen LogP contribution in [0.1, 0.15) is 36.2 Å². The SMILES string of the molecule is CNc1cc(Nc2cccn(CC3CCCO3)c2=O)nn2c(C(=O)N[C@@H]3C[C@H]4CCO[C@H]43)cnc12. The standard InChI is InChI=1S/C24H29N7O4/c1-25-18-11-20(27-16-5-2-7-30(24(16)33)13-15-4-3-8-34-15)29-31-19(12-26-22(18)31)23(32)28-17-10-14-6-9-35-21(14)17/h2,5,7,11-12,14-15,17,21,25H,3-4,6,8-10,13H2,1H3,(H,27,29)(H,28,32)/t14-,15?,17-,21-/m1/s1. The van der Waals surface area contributed by atoms with Crippen molar-refractivity contribution in [2.24, 2.45) is 5.92 Å². The van der Waals surface area contributed by atoms with Gasteiger partial charge < -0.3 is 30.0 Å². The Balaban J connectivity index is 1.26. The first-order valence-electron chi connectivity index (χ1n) is 12.2. The van der Waals surface area contributed by atoms with Gasteiger partial charge in [0.1, 0.15) is 5.69 Å². The molecule has 4 atom stereocenters. The summed E-state index contributed by atoms with van der Waals surface area (Å²) in [4.78, 5) is 30.5. The van der Waals surface area contributed by atoms with Crippen molar-refractivity contribution in [2.45, 2.75) is 50.5 Å². The van der Waals surface area contributed by atoms with Crippen molar-refractivity contribution in [1.29, 1.82) is 0 Å². The highest BCUT2D eigenvalue weighted by Crippen LogP contribution is 2.38. The van der Waals surface area contributed by atoms with Crippen molar-refractivity contribution in [2.75, 3.05) is 30.9 Å². The van der Waals surface area contributed by atoms with Crippen LogP contribution in [-0.2, 0) is 16.0 Å². The molecule has 0 bridgehead atoms. The number of carbonyl (C=O) groups is 1. The van der Waals surface area contributed by atoms with E-state index >= 15 is 0 Å². The molecule has 3 aliphatic rings. The van der Waals surface area contributed by atoms with Crippen LogP contribution in [0.3, 0.4) is 0 Å². The second-order valence-electron chi connectivity index (χ2n) is 9.41. The number of imidazole rings is 1. The minimum atomic E-state index is -0.248. The number of amides is 1. The van der Waals surface area contributed by atoms with Gasteiger partial charge in [-0.15, -0.1) is 5.10 Å². The van der Waals surface area contributed by atoms with E-state index in [4.69, 9.17) is 9.47 Å². The minimum absolute atomic E-state index is 0.0114. The largest absolute Gasteiger partial charge is 0.385 e. The van der Waals surface area contributed by atoms with Gasteiger partial charge in [0.2, 0.25) is 0 Å². The first kappa shape index (κ1) is 22.1. The third-order valence-electron chi connectivity index (χ3n) is 7.21. The molecule has 3 N–H and O–H groups in total. The highest BCUT2D eigenvalue weighted by molar-refractivity contribution is 5.94. The van der Waals surface area contributed by atoms with Crippen LogP contribution in [0.25, 0.3) is 5.65 Å². The first-order valence-corrected chi connectivity index (χ1v) is 12.2. The van der Waals surface area contributed by atoms with Gasteiger partial charge in [-0.2, -0.15) is 0 Å². The lowest BCUT2D eigenvalue weighted by molar-refractivity contribution is -0.000686. The molecule has 3 aromatic heterocycles. The maximum absolute atomic E-state index is 13.1. The van der Waals surface area contributed by atoms with Gasteiger partial charge in [-0.3, -0.25) is 9.59 Å². The Morgan fingerprint density at radius 1 is 1.23 bits per heavy atom. The van der Waals surface area contributed by atoms with E-state index in [9.17, 15) is 9.59 Å². The maximum Gasteiger partial charge on any atom is 0.274 e. The number of nitrogens with zero attached hydrogens (tertiary/aromatic N) is 4. The van der Waals surface area contributed by atoms with E-state index in [-0.39, 0.29) is 29.7 Å². The third-order valence-corrected chi connectivity index (χ3v) is 7.21. The average molecular weight is 480 g/mol. The zero-order valence-corrected chi connectivity index (χ0v) is 19.6. The Bertz CT molecular complexity index is 1310. The molecule has 1 aliphatic carbocycles. The molecule has 3 fully saturated rings. The molecule has 1 unspecified atom stereocenters. The van der Waals surface area contributed by atoms with E-state index in [2.05, 4.69) is 26.0 Å². The summed E-state index contributed by atoms with van der Waals surface area (Å²) >= 11 is 0. The van der Waals surface area contributed by atoms with Crippen LogP contribution < -0.4 is 21.5 Å². The molecule has 5 heterocycles. The molecule has 0 radical (unpaired) electrons. The van der Waals surface area contributed by atoms with Crippen LogP contribution >= 0.6 is 0 Å². The molecule has 1 saturated carbocycles. The summed E-state index contributed by atoms with van der Waals surface area (Å²) in [5.41, 5.74) is 1.76. The number of carbonyl (C=O) groups excluding carboxylic acids is 1. The van der Waals surface area contributed by atoms with E-state index in [0.717, 1.165) is 38.9 Å². The van der Waals surface area contributed by atoms with Crippen molar-refractivity contribution in [3.63, 3.8) is 0 Å². The molecule has 11 heteroatoms. The highest BCUT2D eigenvalue weighted by atomic mass is 16.5. The minimum Gasteiger partial charge on any atom is -0.385 e. The fraction of sp³-hybridized carbons (Fsp3) is 0.500. The van der Waals surface area contributed by atoms with E-state index in [1.807, 2.05) is 6.07 Å². The Kier molecular flexibility index (Phi) is 5.65. The van der Waals surface area contributed by atoms with E-state index < -0.39 is 0 Å². The monoisotopic (exact) mass is 479 g/mol. The topological polar surface area (TPSA) is 124 Å². The summed E-state index contributed by atoms with van der Waals surface area (Å²) in [5.74, 6) is 0.716. The van der Waals surface area contributed by atoms with Gasteiger partial charge in [-0.1, -0.05) is 0 Å². The van der Waals surface area contributed by atoms with Crippen molar-refractivity contribution in [1.82, 2.24) is 24.5 Å².